The smallest absolute Gasteiger partial charge is 0.180 e. The Labute approximate surface area is 99.8 Å². The first-order valence-electron chi connectivity index (χ1n) is 5.37. The van der Waals surface area contributed by atoms with Crippen molar-refractivity contribution in [1.82, 2.24) is 9.78 Å². The quantitative estimate of drug-likeness (QED) is 0.757. The summed E-state index contributed by atoms with van der Waals surface area (Å²) in [5, 5.41) is 4.03. The van der Waals surface area contributed by atoms with Crippen LogP contribution in [0.2, 0.25) is 0 Å². The summed E-state index contributed by atoms with van der Waals surface area (Å²) in [7, 11) is 0. The molecule has 2 aromatic rings. The number of hydrogen-bond donors (Lipinski definition) is 0. The number of benzene rings is 1. The maximum atomic E-state index is 11.0. The fourth-order valence-electron chi connectivity index (χ4n) is 1.72. The lowest BCUT2D eigenvalue weighted by Crippen LogP contribution is -2.07. The van der Waals surface area contributed by atoms with Crippen LogP contribution in [-0.2, 0) is 6.73 Å². The number of aldehydes is 1. The molecule has 0 N–H and O–H groups in total. The second kappa shape index (κ2) is 4.82. The zero-order valence-corrected chi connectivity index (χ0v) is 9.88. The molecular weight excluding hydrogens is 216 g/mol. The van der Waals surface area contributed by atoms with Crippen molar-refractivity contribution in [2.24, 2.45) is 0 Å². The van der Waals surface area contributed by atoms with E-state index in [4.69, 9.17) is 4.74 Å². The van der Waals surface area contributed by atoms with Gasteiger partial charge in [0.25, 0.3) is 0 Å². The summed E-state index contributed by atoms with van der Waals surface area (Å²) in [5.74, 6) is 0.605. The van der Waals surface area contributed by atoms with Gasteiger partial charge in [0.15, 0.2) is 13.0 Å². The summed E-state index contributed by atoms with van der Waals surface area (Å²) in [6.07, 6.45) is 4.32. The van der Waals surface area contributed by atoms with Crippen LogP contribution in [0.3, 0.4) is 0 Å². The van der Waals surface area contributed by atoms with Gasteiger partial charge in [0.2, 0.25) is 0 Å². The van der Waals surface area contributed by atoms with Gasteiger partial charge in [-0.15, -0.1) is 0 Å². The van der Waals surface area contributed by atoms with E-state index in [0.717, 1.165) is 17.4 Å². The minimum absolute atomic E-state index is 0.302. The Morgan fingerprint density at radius 3 is 2.88 bits per heavy atom. The van der Waals surface area contributed by atoms with Crippen LogP contribution in [0.5, 0.6) is 5.75 Å². The summed E-state index contributed by atoms with van der Waals surface area (Å²) in [4.78, 5) is 11.0. The van der Waals surface area contributed by atoms with Crippen LogP contribution in [-0.4, -0.2) is 16.1 Å². The van der Waals surface area contributed by atoms with E-state index in [1.165, 1.54) is 0 Å². The van der Waals surface area contributed by atoms with E-state index in [9.17, 15) is 4.79 Å². The number of hydrogen-bond acceptors (Lipinski definition) is 3. The molecular formula is C13H14N2O2. The van der Waals surface area contributed by atoms with E-state index in [1.807, 2.05) is 38.2 Å². The van der Waals surface area contributed by atoms with Crippen molar-refractivity contribution in [1.29, 1.82) is 0 Å². The molecule has 0 atom stereocenters. The molecule has 0 aliphatic carbocycles. The molecule has 0 fully saturated rings. The Morgan fingerprint density at radius 2 is 2.24 bits per heavy atom. The largest absolute Gasteiger partial charge is 0.471 e. The van der Waals surface area contributed by atoms with Gasteiger partial charge >= 0.3 is 0 Å². The first kappa shape index (κ1) is 11.4. The van der Waals surface area contributed by atoms with E-state index < -0.39 is 0 Å². The molecule has 17 heavy (non-hydrogen) atoms. The molecule has 2 rings (SSSR count). The number of aromatic nitrogens is 2. The SMILES string of the molecule is Cc1cc(C)c(C=O)c(OCn2cccn2)c1. The Balaban J connectivity index is 2.22. The fraction of sp³-hybridized carbons (Fsp3) is 0.231. The normalized spacial score (nSPS) is 10.2. The molecule has 0 saturated heterocycles. The molecule has 0 bridgehead atoms. The molecule has 0 radical (unpaired) electrons. The van der Waals surface area contributed by atoms with E-state index in [0.29, 0.717) is 18.0 Å². The summed E-state index contributed by atoms with van der Waals surface area (Å²) in [6.45, 7) is 4.18. The highest BCUT2D eigenvalue weighted by Gasteiger charge is 2.07. The molecule has 1 heterocycles. The van der Waals surface area contributed by atoms with Crippen molar-refractivity contribution < 1.29 is 9.53 Å². The number of ether oxygens (including phenoxy) is 1. The number of aryl methyl sites for hydroxylation is 2. The number of carbonyl (C=O) groups is 1. The lowest BCUT2D eigenvalue weighted by Gasteiger charge is -2.11. The zero-order chi connectivity index (χ0) is 12.3. The van der Waals surface area contributed by atoms with Crippen molar-refractivity contribution in [3.63, 3.8) is 0 Å². The summed E-state index contributed by atoms with van der Waals surface area (Å²) >= 11 is 0. The molecule has 88 valence electrons. The molecule has 0 spiro atoms. The highest BCUT2D eigenvalue weighted by molar-refractivity contribution is 5.81. The average molecular weight is 230 g/mol. The number of rotatable bonds is 4. The Bertz CT molecular complexity index is 518. The lowest BCUT2D eigenvalue weighted by atomic mass is 10.1. The predicted octanol–water partition coefficient (Wildman–Crippen LogP) is 2.35. The average Bonchev–Trinajstić information content (AvgIpc) is 2.78. The van der Waals surface area contributed by atoms with Gasteiger partial charge in [-0.2, -0.15) is 5.10 Å². The van der Waals surface area contributed by atoms with Gasteiger partial charge in [-0.25, -0.2) is 4.68 Å². The summed E-state index contributed by atoms with van der Waals surface area (Å²) in [6, 6.07) is 5.65. The van der Waals surface area contributed by atoms with E-state index in [-0.39, 0.29) is 0 Å². The van der Waals surface area contributed by atoms with Crippen molar-refractivity contribution in [2.45, 2.75) is 20.6 Å². The fourth-order valence-corrected chi connectivity index (χ4v) is 1.72. The highest BCUT2D eigenvalue weighted by Crippen LogP contribution is 2.22. The van der Waals surface area contributed by atoms with Crippen LogP contribution in [0.25, 0.3) is 0 Å². The van der Waals surface area contributed by atoms with Crippen LogP contribution < -0.4 is 4.74 Å². The van der Waals surface area contributed by atoms with E-state index >= 15 is 0 Å². The molecule has 0 aliphatic rings. The molecule has 4 heteroatoms. The highest BCUT2D eigenvalue weighted by atomic mass is 16.5. The van der Waals surface area contributed by atoms with Crippen molar-refractivity contribution >= 4 is 6.29 Å². The Kier molecular flexibility index (Phi) is 3.23. The Morgan fingerprint density at radius 1 is 1.41 bits per heavy atom. The number of carbonyl (C=O) groups excluding carboxylic acids is 1. The second-order valence-corrected chi connectivity index (χ2v) is 3.93. The lowest BCUT2D eigenvalue weighted by molar-refractivity contribution is 0.111. The maximum absolute atomic E-state index is 11.0. The van der Waals surface area contributed by atoms with Crippen LogP contribution >= 0.6 is 0 Å². The molecule has 1 aromatic carbocycles. The van der Waals surface area contributed by atoms with Gasteiger partial charge < -0.3 is 4.74 Å². The maximum Gasteiger partial charge on any atom is 0.180 e. The first-order valence-corrected chi connectivity index (χ1v) is 5.37. The van der Waals surface area contributed by atoms with Gasteiger partial charge in [-0.05, 0) is 37.1 Å². The van der Waals surface area contributed by atoms with Gasteiger partial charge in [-0.1, -0.05) is 6.07 Å². The molecule has 0 amide bonds. The zero-order valence-electron chi connectivity index (χ0n) is 9.88. The molecule has 0 unspecified atom stereocenters. The van der Waals surface area contributed by atoms with Gasteiger partial charge in [-0.3, -0.25) is 4.79 Å². The van der Waals surface area contributed by atoms with Crippen molar-refractivity contribution in [3.05, 3.63) is 47.3 Å². The topological polar surface area (TPSA) is 44.1 Å². The van der Waals surface area contributed by atoms with E-state index in [2.05, 4.69) is 5.10 Å². The number of nitrogens with zero attached hydrogens (tertiary/aromatic N) is 2. The van der Waals surface area contributed by atoms with Gasteiger partial charge in [0, 0.05) is 12.4 Å². The monoisotopic (exact) mass is 230 g/mol. The molecule has 1 aromatic heterocycles. The molecule has 0 aliphatic heterocycles. The van der Waals surface area contributed by atoms with Gasteiger partial charge in [0.1, 0.15) is 5.75 Å². The van der Waals surface area contributed by atoms with Crippen LogP contribution in [0.4, 0.5) is 0 Å². The second-order valence-electron chi connectivity index (χ2n) is 3.93. The minimum atomic E-state index is 0.302. The van der Waals surface area contributed by atoms with Crippen LogP contribution in [0.1, 0.15) is 21.5 Å². The van der Waals surface area contributed by atoms with Gasteiger partial charge in [0.05, 0.1) is 5.56 Å². The molecule has 4 nitrogen and oxygen atoms in total. The van der Waals surface area contributed by atoms with Crippen molar-refractivity contribution in [3.8, 4) is 5.75 Å². The summed E-state index contributed by atoms with van der Waals surface area (Å²) < 4.78 is 7.26. The summed E-state index contributed by atoms with van der Waals surface area (Å²) in [5.41, 5.74) is 2.60. The minimum Gasteiger partial charge on any atom is -0.471 e. The van der Waals surface area contributed by atoms with E-state index in [1.54, 1.807) is 10.9 Å². The van der Waals surface area contributed by atoms with Crippen LogP contribution in [0, 0.1) is 13.8 Å². The third kappa shape index (κ3) is 2.53. The van der Waals surface area contributed by atoms with Crippen LogP contribution in [0.15, 0.2) is 30.6 Å². The third-order valence-corrected chi connectivity index (χ3v) is 2.52. The predicted molar refractivity (Wildman–Crippen MR) is 64.2 cm³/mol. The standard InChI is InChI=1S/C13H14N2O2/c1-10-6-11(2)12(8-16)13(7-10)17-9-15-5-3-4-14-15/h3-8H,9H2,1-2H3. The third-order valence-electron chi connectivity index (χ3n) is 2.52. The Hall–Kier alpha value is -2.10. The van der Waals surface area contributed by atoms with Crippen molar-refractivity contribution in [2.75, 3.05) is 0 Å². The molecule has 0 saturated carbocycles. The first-order chi connectivity index (χ1) is 8.20.